The van der Waals surface area contributed by atoms with Crippen molar-refractivity contribution in [2.24, 2.45) is 11.8 Å². The van der Waals surface area contributed by atoms with E-state index in [4.69, 9.17) is 0 Å². The maximum absolute atomic E-state index is 12.8. The van der Waals surface area contributed by atoms with Crippen molar-refractivity contribution in [2.45, 2.75) is 19.4 Å². The minimum atomic E-state index is -0.272. The molecule has 2 N–H and O–H groups in total. The molecule has 2 atom stereocenters. The summed E-state index contributed by atoms with van der Waals surface area (Å²) in [5.41, 5.74) is 1.94. The molecule has 1 fully saturated rings. The molecule has 2 unspecified atom stereocenters. The first-order valence-corrected chi connectivity index (χ1v) is 8.32. The number of amides is 2. The van der Waals surface area contributed by atoms with Crippen LogP contribution in [0.2, 0.25) is 0 Å². The molecule has 25 heavy (non-hydrogen) atoms. The van der Waals surface area contributed by atoms with Crippen molar-refractivity contribution < 1.29 is 14.0 Å². The maximum Gasteiger partial charge on any atom is 0.224 e. The number of benzene rings is 1. The van der Waals surface area contributed by atoms with Gasteiger partial charge in [0.1, 0.15) is 5.82 Å². The lowest BCUT2D eigenvalue weighted by Crippen LogP contribution is -2.31. The lowest BCUT2D eigenvalue weighted by Gasteiger charge is -2.06. The Morgan fingerprint density at radius 2 is 1.60 bits per heavy atom. The molecule has 1 saturated carbocycles. The van der Waals surface area contributed by atoms with E-state index in [0.717, 1.165) is 11.1 Å². The molecule has 1 aliphatic rings. The van der Waals surface area contributed by atoms with E-state index >= 15 is 0 Å². The summed E-state index contributed by atoms with van der Waals surface area (Å²) in [6.45, 7) is 0.920. The largest absolute Gasteiger partial charge is 0.356 e. The van der Waals surface area contributed by atoms with Crippen LogP contribution < -0.4 is 10.6 Å². The van der Waals surface area contributed by atoms with Crippen LogP contribution in [0.3, 0.4) is 0 Å². The Morgan fingerprint density at radius 3 is 2.28 bits per heavy atom. The third kappa shape index (κ3) is 4.86. The second kappa shape index (κ2) is 7.88. The molecule has 0 saturated heterocycles. The first-order valence-electron chi connectivity index (χ1n) is 8.32. The lowest BCUT2D eigenvalue weighted by atomic mass is 10.1. The number of pyridine rings is 1. The minimum absolute atomic E-state index is 0.0875. The molecule has 1 aromatic heterocycles. The number of rotatable bonds is 7. The van der Waals surface area contributed by atoms with Crippen LogP contribution in [-0.4, -0.2) is 23.3 Å². The monoisotopic (exact) mass is 341 g/mol. The Hall–Kier alpha value is -2.76. The topological polar surface area (TPSA) is 71.1 Å². The first kappa shape index (κ1) is 17.1. The summed E-state index contributed by atoms with van der Waals surface area (Å²) in [5, 5.41) is 5.70. The average Bonchev–Trinajstić information content (AvgIpc) is 3.43. The van der Waals surface area contributed by atoms with Crippen molar-refractivity contribution >= 4 is 11.8 Å². The van der Waals surface area contributed by atoms with Gasteiger partial charge in [0.15, 0.2) is 0 Å². The third-order valence-electron chi connectivity index (χ3n) is 4.31. The molecular weight excluding hydrogens is 321 g/mol. The van der Waals surface area contributed by atoms with Gasteiger partial charge in [0, 0.05) is 25.5 Å². The van der Waals surface area contributed by atoms with E-state index in [1.807, 2.05) is 12.1 Å². The van der Waals surface area contributed by atoms with Crippen molar-refractivity contribution in [3.63, 3.8) is 0 Å². The molecule has 0 spiro atoms. The molecule has 130 valence electrons. The summed E-state index contributed by atoms with van der Waals surface area (Å²) < 4.78 is 12.8. The smallest absolute Gasteiger partial charge is 0.224 e. The molecule has 2 aromatic rings. The molecule has 3 rings (SSSR count). The Balaban J connectivity index is 1.36. The number of aromatic nitrogens is 1. The first-order chi connectivity index (χ1) is 12.1. The number of hydrogen-bond acceptors (Lipinski definition) is 3. The van der Waals surface area contributed by atoms with Gasteiger partial charge in [-0.3, -0.25) is 14.6 Å². The molecule has 1 aromatic carbocycles. The predicted molar refractivity (Wildman–Crippen MR) is 90.8 cm³/mol. The van der Waals surface area contributed by atoms with Crippen LogP contribution in [0.15, 0.2) is 48.8 Å². The molecule has 6 heteroatoms. The zero-order valence-corrected chi connectivity index (χ0v) is 13.7. The summed E-state index contributed by atoms with van der Waals surface area (Å²) in [4.78, 5) is 28.1. The van der Waals surface area contributed by atoms with E-state index in [1.54, 1.807) is 24.5 Å². The van der Waals surface area contributed by atoms with Crippen molar-refractivity contribution in [1.29, 1.82) is 0 Å². The molecule has 0 radical (unpaired) electrons. The molecular formula is C19H20FN3O2. The van der Waals surface area contributed by atoms with Crippen LogP contribution in [-0.2, 0) is 22.6 Å². The Kier molecular flexibility index (Phi) is 5.38. The standard InChI is InChI=1S/C19H20FN3O2/c20-15-3-1-13(2-4-15)7-10-22-18(24)16-11-17(16)19(25)23-12-14-5-8-21-9-6-14/h1-6,8-9,16-17H,7,10-12H2,(H,22,24)(H,23,25). The van der Waals surface area contributed by atoms with Gasteiger partial charge in [-0.05, 0) is 48.2 Å². The van der Waals surface area contributed by atoms with Gasteiger partial charge in [-0.15, -0.1) is 0 Å². The van der Waals surface area contributed by atoms with Gasteiger partial charge in [-0.2, -0.15) is 0 Å². The molecule has 5 nitrogen and oxygen atoms in total. The summed E-state index contributed by atoms with van der Waals surface area (Å²) >= 11 is 0. The molecule has 2 amide bonds. The fourth-order valence-corrected chi connectivity index (χ4v) is 2.71. The van der Waals surface area contributed by atoms with Crippen LogP contribution in [0.5, 0.6) is 0 Å². The molecule has 0 aliphatic heterocycles. The molecule has 0 bridgehead atoms. The van der Waals surface area contributed by atoms with Crippen LogP contribution >= 0.6 is 0 Å². The van der Waals surface area contributed by atoms with Crippen molar-refractivity contribution in [3.8, 4) is 0 Å². The van der Waals surface area contributed by atoms with Crippen molar-refractivity contribution in [1.82, 2.24) is 15.6 Å². The Labute approximate surface area is 145 Å². The summed E-state index contributed by atoms with van der Waals surface area (Å²) in [5.74, 6) is -0.939. The van der Waals surface area contributed by atoms with Gasteiger partial charge in [0.05, 0.1) is 11.8 Å². The van der Waals surface area contributed by atoms with Crippen LogP contribution in [0.1, 0.15) is 17.5 Å². The number of carbonyl (C=O) groups excluding carboxylic acids is 2. The van der Waals surface area contributed by atoms with Crippen molar-refractivity contribution in [3.05, 3.63) is 65.7 Å². The summed E-state index contributed by atoms with van der Waals surface area (Å²) in [7, 11) is 0. The highest BCUT2D eigenvalue weighted by atomic mass is 19.1. The quantitative estimate of drug-likeness (QED) is 0.807. The average molecular weight is 341 g/mol. The van der Waals surface area contributed by atoms with Gasteiger partial charge in [-0.25, -0.2) is 4.39 Å². The van der Waals surface area contributed by atoms with Crippen molar-refractivity contribution in [2.75, 3.05) is 6.54 Å². The van der Waals surface area contributed by atoms with Gasteiger partial charge in [0.2, 0.25) is 11.8 Å². The van der Waals surface area contributed by atoms with E-state index in [-0.39, 0.29) is 29.5 Å². The van der Waals surface area contributed by atoms with E-state index < -0.39 is 0 Å². The molecule has 1 heterocycles. The number of nitrogens with zero attached hydrogens (tertiary/aromatic N) is 1. The van der Waals surface area contributed by atoms with E-state index in [2.05, 4.69) is 15.6 Å². The van der Waals surface area contributed by atoms with E-state index in [0.29, 0.717) is 25.9 Å². The normalized spacial score (nSPS) is 18.4. The highest BCUT2D eigenvalue weighted by Crippen LogP contribution is 2.38. The van der Waals surface area contributed by atoms with Gasteiger partial charge in [-0.1, -0.05) is 12.1 Å². The van der Waals surface area contributed by atoms with Gasteiger partial charge in [0.25, 0.3) is 0 Å². The predicted octanol–water partition coefficient (Wildman–Crippen LogP) is 1.83. The third-order valence-corrected chi connectivity index (χ3v) is 4.31. The second-order valence-electron chi connectivity index (χ2n) is 6.19. The Morgan fingerprint density at radius 1 is 0.960 bits per heavy atom. The number of hydrogen-bond donors (Lipinski definition) is 2. The van der Waals surface area contributed by atoms with Crippen LogP contribution in [0, 0.1) is 17.7 Å². The SMILES string of the molecule is O=C(NCCc1ccc(F)cc1)C1CC1C(=O)NCc1ccncc1. The molecule has 1 aliphatic carbocycles. The van der Waals surface area contributed by atoms with Crippen LogP contribution in [0.4, 0.5) is 4.39 Å². The zero-order chi connectivity index (χ0) is 17.6. The number of halogens is 1. The fourth-order valence-electron chi connectivity index (χ4n) is 2.71. The number of carbonyl (C=O) groups is 2. The van der Waals surface area contributed by atoms with E-state index in [9.17, 15) is 14.0 Å². The van der Waals surface area contributed by atoms with Crippen LogP contribution in [0.25, 0.3) is 0 Å². The van der Waals surface area contributed by atoms with Gasteiger partial charge < -0.3 is 10.6 Å². The highest BCUT2D eigenvalue weighted by Gasteiger charge is 2.47. The minimum Gasteiger partial charge on any atom is -0.356 e. The lowest BCUT2D eigenvalue weighted by molar-refractivity contribution is -0.127. The summed E-state index contributed by atoms with van der Waals surface area (Å²) in [6, 6.07) is 9.89. The highest BCUT2D eigenvalue weighted by molar-refractivity contribution is 5.92. The maximum atomic E-state index is 12.8. The second-order valence-corrected chi connectivity index (χ2v) is 6.19. The fraction of sp³-hybridized carbons (Fsp3) is 0.316. The zero-order valence-electron chi connectivity index (χ0n) is 13.7. The van der Waals surface area contributed by atoms with E-state index in [1.165, 1.54) is 12.1 Å². The number of nitrogens with one attached hydrogen (secondary N) is 2. The Bertz CT molecular complexity index is 734. The summed E-state index contributed by atoms with van der Waals surface area (Å²) in [6.07, 6.45) is 4.58. The van der Waals surface area contributed by atoms with Gasteiger partial charge >= 0.3 is 0 Å².